The Balaban J connectivity index is 2.15. The van der Waals surface area contributed by atoms with E-state index in [-0.39, 0.29) is 30.6 Å². The predicted molar refractivity (Wildman–Crippen MR) is 103 cm³/mol. The lowest BCUT2D eigenvalue weighted by Crippen LogP contribution is -2.07. The first kappa shape index (κ1) is 21.4. The van der Waals surface area contributed by atoms with Crippen molar-refractivity contribution in [2.24, 2.45) is 0 Å². The Morgan fingerprint density at radius 3 is 1.75 bits per heavy atom. The Morgan fingerprint density at radius 1 is 0.786 bits per heavy atom. The fourth-order valence-corrected chi connectivity index (χ4v) is 2.67. The van der Waals surface area contributed by atoms with Crippen LogP contribution in [-0.2, 0) is 31.9 Å². The quantitative estimate of drug-likeness (QED) is 0.556. The van der Waals surface area contributed by atoms with Crippen LogP contribution in [0.4, 0.5) is 4.39 Å². The van der Waals surface area contributed by atoms with Crippen LogP contribution in [0.5, 0.6) is 11.5 Å². The summed E-state index contributed by atoms with van der Waals surface area (Å²) < 4.78 is 28.9. The highest BCUT2D eigenvalue weighted by molar-refractivity contribution is 5.70. The number of hydrogen-bond acceptors (Lipinski definition) is 5. The first-order valence-electron chi connectivity index (χ1n) is 9.37. The molecule has 2 rings (SSSR count). The van der Waals surface area contributed by atoms with Gasteiger partial charge in [-0.2, -0.15) is 0 Å². The second-order valence-electron chi connectivity index (χ2n) is 6.15. The first-order valence-corrected chi connectivity index (χ1v) is 9.37. The smallest absolute Gasteiger partial charge is 0.306 e. The molecule has 0 aliphatic heterocycles. The van der Waals surface area contributed by atoms with Crippen LogP contribution in [0.25, 0.3) is 0 Å². The molecular weight excluding hydrogens is 363 g/mol. The van der Waals surface area contributed by atoms with E-state index in [0.29, 0.717) is 37.6 Å². The highest BCUT2D eigenvalue weighted by Gasteiger charge is 2.09. The van der Waals surface area contributed by atoms with Gasteiger partial charge in [0.25, 0.3) is 0 Å². The maximum absolute atomic E-state index is 13.1. The van der Waals surface area contributed by atoms with Crippen LogP contribution >= 0.6 is 0 Å². The minimum absolute atomic E-state index is 0.255. The van der Waals surface area contributed by atoms with Gasteiger partial charge in [0.15, 0.2) is 0 Å². The van der Waals surface area contributed by atoms with Crippen LogP contribution in [0, 0.1) is 5.82 Å². The van der Waals surface area contributed by atoms with Gasteiger partial charge in [0.2, 0.25) is 0 Å². The number of hydrogen-bond donors (Lipinski definition) is 0. The van der Waals surface area contributed by atoms with E-state index >= 15 is 0 Å². The highest BCUT2D eigenvalue weighted by Crippen LogP contribution is 2.26. The van der Waals surface area contributed by atoms with Gasteiger partial charge in [0.1, 0.15) is 17.3 Å². The summed E-state index contributed by atoms with van der Waals surface area (Å²) in [6.45, 7) is 4.22. The van der Waals surface area contributed by atoms with Gasteiger partial charge in [-0.1, -0.05) is 6.07 Å². The maximum atomic E-state index is 13.1. The van der Waals surface area contributed by atoms with Crippen LogP contribution in [0.15, 0.2) is 42.5 Å². The van der Waals surface area contributed by atoms with Gasteiger partial charge in [-0.25, -0.2) is 4.39 Å². The van der Waals surface area contributed by atoms with Gasteiger partial charge < -0.3 is 14.2 Å². The lowest BCUT2D eigenvalue weighted by molar-refractivity contribution is -0.143. The van der Waals surface area contributed by atoms with Crippen molar-refractivity contribution in [3.8, 4) is 11.5 Å². The summed E-state index contributed by atoms with van der Waals surface area (Å²) >= 11 is 0. The summed E-state index contributed by atoms with van der Waals surface area (Å²) in [4.78, 5) is 23.3. The molecule has 0 amide bonds. The molecule has 0 spiro atoms. The monoisotopic (exact) mass is 388 g/mol. The van der Waals surface area contributed by atoms with Crippen molar-refractivity contribution in [3.05, 3.63) is 59.4 Å². The zero-order valence-corrected chi connectivity index (χ0v) is 16.2. The Hall–Kier alpha value is -2.89. The van der Waals surface area contributed by atoms with E-state index in [2.05, 4.69) is 0 Å². The topological polar surface area (TPSA) is 61.8 Å². The summed E-state index contributed by atoms with van der Waals surface area (Å²) in [5.41, 5.74) is 1.79. The average Bonchev–Trinajstić information content (AvgIpc) is 2.67. The minimum atomic E-state index is -0.342. The van der Waals surface area contributed by atoms with E-state index in [0.717, 1.165) is 11.1 Å². The minimum Gasteiger partial charge on any atom is -0.466 e. The Bertz CT molecular complexity index is 746. The standard InChI is InChI=1S/C22H25FO5/c1-3-26-21(24)11-5-16-13-17(6-12-22(25)27-4-2)15-20(14-16)28-19-9-7-18(23)8-10-19/h7-10,13-15H,3-6,11-12H2,1-2H3. The molecule has 0 fully saturated rings. The van der Waals surface area contributed by atoms with E-state index in [1.807, 2.05) is 18.2 Å². The largest absolute Gasteiger partial charge is 0.466 e. The van der Waals surface area contributed by atoms with Crippen molar-refractivity contribution in [1.82, 2.24) is 0 Å². The summed E-state index contributed by atoms with van der Waals surface area (Å²) in [5, 5.41) is 0. The molecule has 0 heterocycles. The fraction of sp³-hybridized carbons (Fsp3) is 0.364. The third kappa shape index (κ3) is 7.39. The van der Waals surface area contributed by atoms with Crippen molar-refractivity contribution in [2.45, 2.75) is 39.5 Å². The van der Waals surface area contributed by atoms with Crippen molar-refractivity contribution in [2.75, 3.05) is 13.2 Å². The molecule has 0 saturated carbocycles. The normalized spacial score (nSPS) is 10.4. The number of esters is 2. The second kappa shape index (κ2) is 11.1. The molecule has 0 aliphatic rings. The summed E-state index contributed by atoms with van der Waals surface area (Å²) in [6.07, 6.45) is 1.49. The predicted octanol–water partition coefficient (Wildman–Crippen LogP) is 4.61. The number of halogens is 1. The van der Waals surface area contributed by atoms with Crippen molar-refractivity contribution >= 4 is 11.9 Å². The molecule has 0 saturated heterocycles. The van der Waals surface area contributed by atoms with E-state index in [4.69, 9.17) is 14.2 Å². The third-order valence-electron chi connectivity index (χ3n) is 3.92. The Morgan fingerprint density at radius 2 is 1.29 bits per heavy atom. The lowest BCUT2D eigenvalue weighted by Gasteiger charge is -2.11. The number of ether oxygens (including phenoxy) is 3. The molecule has 5 nitrogen and oxygen atoms in total. The van der Waals surface area contributed by atoms with E-state index < -0.39 is 0 Å². The van der Waals surface area contributed by atoms with Gasteiger partial charge in [0.05, 0.1) is 13.2 Å². The maximum Gasteiger partial charge on any atom is 0.306 e. The average molecular weight is 388 g/mol. The first-order chi connectivity index (χ1) is 13.5. The van der Waals surface area contributed by atoms with E-state index in [9.17, 15) is 14.0 Å². The van der Waals surface area contributed by atoms with Crippen LogP contribution < -0.4 is 4.74 Å². The third-order valence-corrected chi connectivity index (χ3v) is 3.92. The number of rotatable bonds is 10. The summed E-state index contributed by atoms with van der Waals surface area (Å²) in [6, 6.07) is 11.3. The molecule has 2 aromatic rings. The number of aryl methyl sites for hydroxylation is 2. The SMILES string of the molecule is CCOC(=O)CCc1cc(CCC(=O)OCC)cc(Oc2ccc(F)cc2)c1. The molecule has 0 N–H and O–H groups in total. The summed E-state index contributed by atoms with van der Waals surface area (Å²) in [7, 11) is 0. The van der Waals surface area contributed by atoms with Crippen molar-refractivity contribution in [3.63, 3.8) is 0 Å². The molecule has 0 aromatic heterocycles. The number of benzene rings is 2. The number of carbonyl (C=O) groups is 2. The molecule has 2 aromatic carbocycles. The van der Waals surface area contributed by atoms with Gasteiger partial charge >= 0.3 is 11.9 Å². The van der Waals surface area contributed by atoms with Gasteiger partial charge in [-0.3, -0.25) is 9.59 Å². The van der Waals surface area contributed by atoms with E-state index in [1.54, 1.807) is 26.0 Å². The van der Waals surface area contributed by atoms with Gasteiger partial charge in [-0.05, 0) is 74.2 Å². The van der Waals surface area contributed by atoms with Crippen LogP contribution in [0.3, 0.4) is 0 Å². The molecule has 0 aliphatic carbocycles. The molecule has 6 heteroatoms. The second-order valence-corrected chi connectivity index (χ2v) is 6.15. The van der Waals surface area contributed by atoms with Gasteiger partial charge in [-0.15, -0.1) is 0 Å². The van der Waals surface area contributed by atoms with Crippen LogP contribution in [0.1, 0.15) is 37.8 Å². The molecule has 0 atom stereocenters. The Kier molecular flexibility index (Phi) is 8.46. The molecular formula is C22H25FO5. The lowest BCUT2D eigenvalue weighted by atomic mass is 10.0. The molecule has 150 valence electrons. The van der Waals surface area contributed by atoms with Crippen LogP contribution in [-0.4, -0.2) is 25.2 Å². The molecule has 28 heavy (non-hydrogen) atoms. The van der Waals surface area contributed by atoms with Crippen molar-refractivity contribution in [1.29, 1.82) is 0 Å². The molecule has 0 unspecified atom stereocenters. The molecule has 0 radical (unpaired) electrons. The summed E-state index contributed by atoms with van der Waals surface area (Å²) in [5.74, 6) is 0.193. The number of carbonyl (C=O) groups excluding carboxylic acids is 2. The highest BCUT2D eigenvalue weighted by atomic mass is 19.1. The Labute approximate surface area is 164 Å². The van der Waals surface area contributed by atoms with Crippen LogP contribution in [0.2, 0.25) is 0 Å². The van der Waals surface area contributed by atoms with E-state index in [1.165, 1.54) is 12.1 Å². The zero-order chi connectivity index (χ0) is 20.4. The fourth-order valence-electron chi connectivity index (χ4n) is 2.67. The van der Waals surface area contributed by atoms with Gasteiger partial charge in [0, 0.05) is 12.8 Å². The molecule has 0 bridgehead atoms. The van der Waals surface area contributed by atoms with Crippen molar-refractivity contribution < 1.29 is 28.2 Å². The zero-order valence-electron chi connectivity index (χ0n) is 16.2.